The Morgan fingerprint density at radius 3 is 2.52 bits per heavy atom. The lowest BCUT2D eigenvalue weighted by Gasteiger charge is -2.11. The number of anilines is 2. The SMILES string of the molecule is CCOC(=O)c1ccc(Nc2ncnc(OC(C)C)c2[N+](=O)[O-])cc1. The van der Waals surface area contributed by atoms with E-state index in [9.17, 15) is 14.9 Å². The normalized spacial score (nSPS) is 10.4. The summed E-state index contributed by atoms with van der Waals surface area (Å²) in [7, 11) is 0. The average molecular weight is 346 g/mol. The monoisotopic (exact) mass is 346 g/mol. The molecule has 0 spiro atoms. The van der Waals surface area contributed by atoms with Gasteiger partial charge in [-0.1, -0.05) is 0 Å². The number of carbonyl (C=O) groups is 1. The molecular weight excluding hydrogens is 328 g/mol. The zero-order valence-corrected chi connectivity index (χ0v) is 14.1. The van der Waals surface area contributed by atoms with Crippen LogP contribution in [0.5, 0.6) is 5.88 Å². The fourth-order valence-electron chi connectivity index (χ4n) is 1.97. The van der Waals surface area contributed by atoms with E-state index in [4.69, 9.17) is 9.47 Å². The molecule has 1 aromatic carbocycles. The summed E-state index contributed by atoms with van der Waals surface area (Å²) in [6, 6.07) is 6.31. The van der Waals surface area contributed by atoms with Gasteiger partial charge in [-0.2, -0.15) is 4.98 Å². The Hall–Kier alpha value is -3.23. The van der Waals surface area contributed by atoms with E-state index < -0.39 is 10.9 Å². The Bertz CT molecular complexity index is 762. The molecule has 2 rings (SSSR count). The van der Waals surface area contributed by atoms with Crippen LogP contribution in [0, 0.1) is 10.1 Å². The number of rotatable bonds is 7. The Kier molecular flexibility index (Phi) is 5.83. The maximum Gasteiger partial charge on any atom is 0.373 e. The highest BCUT2D eigenvalue weighted by Gasteiger charge is 2.25. The van der Waals surface area contributed by atoms with Crippen molar-refractivity contribution >= 4 is 23.2 Å². The highest BCUT2D eigenvalue weighted by atomic mass is 16.6. The van der Waals surface area contributed by atoms with E-state index in [1.165, 1.54) is 6.33 Å². The summed E-state index contributed by atoms with van der Waals surface area (Å²) < 4.78 is 10.3. The lowest BCUT2D eigenvalue weighted by atomic mass is 10.2. The van der Waals surface area contributed by atoms with Gasteiger partial charge in [-0.3, -0.25) is 10.1 Å². The molecule has 9 heteroatoms. The Balaban J connectivity index is 2.27. The Labute approximate surface area is 144 Å². The van der Waals surface area contributed by atoms with Crippen LogP contribution in [0.25, 0.3) is 0 Å². The van der Waals surface area contributed by atoms with Crippen LogP contribution < -0.4 is 10.1 Å². The van der Waals surface area contributed by atoms with E-state index in [0.717, 1.165) is 0 Å². The van der Waals surface area contributed by atoms with Crippen molar-refractivity contribution in [1.82, 2.24) is 9.97 Å². The smallest absolute Gasteiger partial charge is 0.373 e. The molecular formula is C16H18N4O5. The summed E-state index contributed by atoms with van der Waals surface area (Å²) in [5.41, 5.74) is 0.546. The van der Waals surface area contributed by atoms with Crippen LogP contribution in [0.3, 0.4) is 0 Å². The molecule has 0 atom stereocenters. The number of aromatic nitrogens is 2. The molecule has 25 heavy (non-hydrogen) atoms. The van der Waals surface area contributed by atoms with Crippen molar-refractivity contribution in [3.63, 3.8) is 0 Å². The molecule has 0 radical (unpaired) electrons. The maximum atomic E-state index is 11.6. The summed E-state index contributed by atoms with van der Waals surface area (Å²) in [6.45, 7) is 5.49. The molecule has 0 saturated carbocycles. The van der Waals surface area contributed by atoms with Gasteiger partial charge in [0.2, 0.25) is 5.82 Å². The summed E-state index contributed by atoms with van der Waals surface area (Å²) in [4.78, 5) is 30.1. The lowest BCUT2D eigenvalue weighted by Crippen LogP contribution is -2.11. The minimum atomic E-state index is -0.604. The van der Waals surface area contributed by atoms with Gasteiger partial charge in [-0.25, -0.2) is 9.78 Å². The third kappa shape index (κ3) is 4.63. The van der Waals surface area contributed by atoms with Crippen LogP contribution >= 0.6 is 0 Å². The first-order valence-corrected chi connectivity index (χ1v) is 7.62. The summed E-state index contributed by atoms with van der Waals surface area (Å²) >= 11 is 0. The molecule has 0 bridgehead atoms. The minimum absolute atomic E-state index is 0.000431. The molecule has 2 aromatic rings. The van der Waals surface area contributed by atoms with Crippen LogP contribution in [-0.4, -0.2) is 33.6 Å². The van der Waals surface area contributed by atoms with Gasteiger partial charge in [0.15, 0.2) is 0 Å². The predicted octanol–water partition coefficient (Wildman–Crippen LogP) is 3.09. The van der Waals surface area contributed by atoms with Crippen molar-refractivity contribution in [2.75, 3.05) is 11.9 Å². The number of hydrogen-bond acceptors (Lipinski definition) is 8. The zero-order valence-electron chi connectivity index (χ0n) is 14.1. The van der Waals surface area contributed by atoms with Gasteiger partial charge in [0, 0.05) is 5.69 Å². The second kappa shape index (κ2) is 8.04. The highest BCUT2D eigenvalue weighted by molar-refractivity contribution is 5.90. The van der Waals surface area contributed by atoms with Gasteiger partial charge in [-0.05, 0) is 45.0 Å². The molecule has 1 heterocycles. The molecule has 0 unspecified atom stereocenters. The molecule has 0 aliphatic carbocycles. The van der Waals surface area contributed by atoms with E-state index in [1.807, 2.05) is 0 Å². The van der Waals surface area contributed by atoms with Crippen molar-refractivity contribution in [3.05, 3.63) is 46.3 Å². The van der Waals surface area contributed by atoms with Crippen LogP contribution in [0.2, 0.25) is 0 Å². The largest absolute Gasteiger partial charge is 0.470 e. The summed E-state index contributed by atoms with van der Waals surface area (Å²) in [5.74, 6) is -0.546. The summed E-state index contributed by atoms with van der Waals surface area (Å²) in [6.07, 6.45) is 0.908. The molecule has 0 saturated heterocycles. The highest BCUT2D eigenvalue weighted by Crippen LogP contribution is 2.33. The maximum absolute atomic E-state index is 11.6. The van der Waals surface area contributed by atoms with Gasteiger partial charge < -0.3 is 14.8 Å². The van der Waals surface area contributed by atoms with E-state index in [1.54, 1.807) is 45.0 Å². The topological polar surface area (TPSA) is 116 Å². The van der Waals surface area contributed by atoms with Gasteiger partial charge in [0.25, 0.3) is 5.88 Å². The van der Waals surface area contributed by atoms with Gasteiger partial charge in [0.05, 0.1) is 23.2 Å². The number of benzene rings is 1. The van der Waals surface area contributed by atoms with Crippen LogP contribution in [0.1, 0.15) is 31.1 Å². The van der Waals surface area contributed by atoms with E-state index >= 15 is 0 Å². The number of nitrogens with zero attached hydrogens (tertiary/aromatic N) is 3. The van der Waals surface area contributed by atoms with Crippen LogP contribution in [-0.2, 0) is 4.74 Å². The van der Waals surface area contributed by atoms with Crippen molar-refractivity contribution in [2.24, 2.45) is 0 Å². The van der Waals surface area contributed by atoms with Gasteiger partial charge in [0.1, 0.15) is 6.33 Å². The number of nitro groups is 1. The fourth-order valence-corrected chi connectivity index (χ4v) is 1.97. The summed E-state index contributed by atoms with van der Waals surface area (Å²) in [5, 5.41) is 14.2. The molecule has 1 N–H and O–H groups in total. The van der Waals surface area contributed by atoms with Crippen LogP contribution in [0.15, 0.2) is 30.6 Å². The van der Waals surface area contributed by atoms with Gasteiger partial charge >= 0.3 is 11.7 Å². The first-order valence-electron chi connectivity index (χ1n) is 7.62. The predicted molar refractivity (Wildman–Crippen MR) is 90.1 cm³/mol. The number of ether oxygens (including phenoxy) is 2. The molecule has 0 fully saturated rings. The average Bonchev–Trinajstić information content (AvgIpc) is 2.55. The molecule has 0 aliphatic rings. The van der Waals surface area contributed by atoms with E-state index in [-0.39, 0.29) is 30.1 Å². The quantitative estimate of drug-likeness (QED) is 0.462. The van der Waals surface area contributed by atoms with Crippen molar-refractivity contribution in [2.45, 2.75) is 26.9 Å². The number of nitrogens with one attached hydrogen (secondary N) is 1. The molecule has 1 aromatic heterocycles. The van der Waals surface area contributed by atoms with E-state index in [2.05, 4.69) is 15.3 Å². The molecule has 132 valence electrons. The molecule has 0 amide bonds. The zero-order chi connectivity index (χ0) is 18.4. The Morgan fingerprint density at radius 2 is 1.96 bits per heavy atom. The van der Waals surface area contributed by atoms with Crippen molar-refractivity contribution in [1.29, 1.82) is 0 Å². The molecule has 9 nitrogen and oxygen atoms in total. The minimum Gasteiger partial charge on any atom is -0.470 e. The number of carbonyl (C=O) groups excluding carboxylic acids is 1. The third-order valence-corrected chi connectivity index (χ3v) is 2.98. The first-order chi connectivity index (χ1) is 11.9. The standard InChI is InChI=1S/C16H18N4O5/c1-4-24-16(21)11-5-7-12(8-6-11)19-14-13(20(22)23)15(18-9-17-14)25-10(2)3/h5-10H,4H2,1-3H3,(H,17,18,19). The van der Waals surface area contributed by atoms with Crippen molar-refractivity contribution in [3.8, 4) is 5.88 Å². The van der Waals surface area contributed by atoms with Gasteiger partial charge in [-0.15, -0.1) is 0 Å². The third-order valence-electron chi connectivity index (χ3n) is 2.98. The second-order valence-electron chi connectivity index (χ2n) is 5.22. The number of esters is 1. The van der Waals surface area contributed by atoms with E-state index in [0.29, 0.717) is 11.3 Å². The number of hydrogen-bond donors (Lipinski definition) is 1. The lowest BCUT2D eigenvalue weighted by molar-refractivity contribution is -0.385. The molecule has 0 aliphatic heterocycles. The first kappa shape index (κ1) is 18.1. The van der Waals surface area contributed by atoms with Crippen LogP contribution in [0.4, 0.5) is 17.2 Å². The van der Waals surface area contributed by atoms with Crippen molar-refractivity contribution < 1.29 is 19.2 Å². The fraction of sp³-hybridized carbons (Fsp3) is 0.312. The second-order valence-corrected chi connectivity index (χ2v) is 5.22. The Morgan fingerprint density at radius 1 is 1.28 bits per heavy atom.